The molecule has 2 heterocycles. The van der Waals surface area contributed by atoms with Crippen molar-refractivity contribution in [1.29, 1.82) is 0 Å². The molecule has 1 amide bonds. The lowest BCUT2D eigenvalue weighted by Crippen LogP contribution is -2.64. The number of rotatable bonds is 2. The SMILES string of the molecule is CC(C)(C)OC(=O)C[C@H]1[C@H](O)[C@@H](O)[C@@H](O)[C@@H]2NC(=O)c3c(cc4c(c3O)OCO4)[C@@H]12. The van der Waals surface area contributed by atoms with Gasteiger partial charge in [-0.3, -0.25) is 9.59 Å². The van der Waals surface area contributed by atoms with Gasteiger partial charge in [0.15, 0.2) is 11.5 Å². The fourth-order valence-corrected chi connectivity index (χ4v) is 4.55. The number of hydrogen-bond donors (Lipinski definition) is 5. The molecule has 0 spiro atoms. The first kappa shape index (κ1) is 20.7. The molecule has 0 aromatic heterocycles. The number of ether oxygens (including phenoxy) is 3. The minimum atomic E-state index is -1.58. The molecule has 0 saturated heterocycles. The van der Waals surface area contributed by atoms with Gasteiger partial charge in [-0.05, 0) is 32.4 Å². The molecule has 30 heavy (non-hydrogen) atoms. The first-order valence-electron chi connectivity index (χ1n) is 9.72. The second-order valence-corrected chi connectivity index (χ2v) is 8.87. The maximum Gasteiger partial charge on any atom is 0.306 e. The third-order valence-corrected chi connectivity index (χ3v) is 5.73. The summed E-state index contributed by atoms with van der Waals surface area (Å²) in [7, 11) is 0. The van der Waals surface area contributed by atoms with Crippen molar-refractivity contribution in [2.45, 2.75) is 63.1 Å². The standard InChI is InChI=1S/C20H25NO9/c1-20(2,3)30-10(22)5-8-11-7-4-9-18(29-6-28-9)15(24)12(7)19(27)21-13(11)16(25)17(26)14(8)23/h4,8,11,13-14,16-17,23-26H,5-6H2,1-3H3,(H,21,27)/t8-,11+,13-,14+,16+,17-/m1/s1. The Balaban J connectivity index is 1.79. The number of carbonyl (C=O) groups is 2. The fraction of sp³-hybridized carbons (Fsp3) is 0.600. The Morgan fingerprint density at radius 1 is 1.20 bits per heavy atom. The van der Waals surface area contributed by atoms with E-state index in [1.165, 1.54) is 6.07 Å². The molecule has 2 aliphatic heterocycles. The zero-order valence-electron chi connectivity index (χ0n) is 16.8. The molecule has 10 heteroatoms. The summed E-state index contributed by atoms with van der Waals surface area (Å²) in [6.45, 7) is 4.99. The Hall–Kier alpha value is -2.56. The molecular weight excluding hydrogens is 398 g/mol. The van der Waals surface area contributed by atoms with Crippen LogP contribution in [0.5, 0.6) is 17.2 Å². The highest BCUT2D eigenvalue weighted by molar-refractivity contribution is 6.01. The molecule has 164 valence electrons. The number of esters is 1. The van der Waals surface area contributed by atoms with Crippen molar-refractivity contribution < 1.29 is 44.2 Å². The number of aromatic hydroxyl groups is 1. The molecule has 0 unspecified atom stereocenters. The Labute approximate surface area is 172 Å². The van der Waals surface area contributed by atoms with E-state index in [4.69, 9.17) is 14.2 Å². The van der Waals surface area contributed by atoms with Crippen LogP contribution in [0.3, 0.4) is 0 Å². The van der Waals surface area contributed by atoms with E-state index in [1.54, 1.807) is 20.8 Å². The van der Waals surface area contributed by atoms with Crippen LogP contribution in [0.15, 0.2) is 6.07 Å². The Bertz CT molecular complexity index is 893. The lowest BCUT2D eigenvalue weighted by atomic mass is 9.64. The summed E-state index contributed by atoms with van der Waals surface area (Å²) in [5, 5.41) is 44.8. The zero-order valence-corrected chi connectivity index (χ0v) is 16.8. The smallest absolute Gasteiger partial charge is 0.306 e. The summed E-state index contributed by atoms with van der Waals surface area (Å²) in [5.74, 6) is -3.13. The topological polar surface area (TPSA) is 155 Å². The van der Waals surface area contributed by atoms with Gasteiger partial charge in [-0.2, -0.15) is 0 Å². The van der Waals surface area contributed by atoms with Crippen LogP contribution in [0, 0.1) is 5.92 Å². The average Bonchev–Trinajstić information content (AvgIpc) is 3.11. The highest BCUT2D eigenvalue weighted by Gasteiger charge is 2.54. The van der Waals surface area contributed by atoms with Crippen molar-refractivity contribution in [3.63, 3.8) is 0 Å². The van der Waals surface area contributed by atoms with Crippen molar-refractivity contribution in [3.8, 4) is 17.2 Å². The minimum absolute atomic E-state index is 0.0305. The summed E-state index contributed by atoms with van der Waals surface area (Å²) in [6, 6.07) is 0.517. The molecule has 1 aliphatic carbocycles. The Morgan fingerprint density at radius 3 is 2.57 bits per heavy atom. The molecule has 1 fully saturated rings. The lowest BCUT2D eigenvalue weighted by Gasteiger charge is -2.49. The quantitative estimate of drug-likeness (QED) is 0.405. The van der Waals surface area contributed by atoms with Gasteiger partial charge in [-0.25, -0.2) is 0 Å². The second-order valence-electron chi connectivity index (χ2n) is 8.87. The number of hydrogen-bond acceptors (Lipinski definition) is 9. The van der Waals surface area contributed by atoms with E-state index in [0.29, 0.717) is 5.56 Å². The normalized spacial score (nSPS) is 32.1. The number of phenolic OH excluding ortho intramolecular Hbond substituents is 1. The molecule has 0 bridgehead atoms. The van der Waals surface area contributed by atoms with Crippen molar-refractivity contribution in [3.05, 3.63) is 17.2 Å². The second kappa shape index (κ2) is 7.00. The summed E-state index contributed by atoms with van der Waals surface area (Å²) >= 11 is 0. The number of aliphatic hydroxyl groups is 3. The number of nitrogens with one attached hydrogen (secondary N) is 1. The van der Waals surface area contributed by atoms with Gasteiger partial charge in [0.2, 0.25) is 12.5 Å². The zero-order chi connectivity index (χ0) is 22.0. The summed E-state index contributed by atoms with van der Waals surface area (Å²) in [4.78, 5) is 25.2. The predicted molar refractivity (Wildman–Crippen MR) is 100 cm³/mol. The number of phenols is 1. The van der Waals surface area contributed by atoms with Crippen LogP contribution in [0.25, 0.3) is 0 Å². The van der Waals surface area contributed by atoms with Crippen LogP contribution >= 0.6 is 0 Å². The Morgan fingerprint density at radius 2 is 1.90 bits per heavy atom. The predicted octanol–water partition coefficient (Wildman–Crippen LogP) is -0.239. The fourth-order valence-electron chi connectivity index (χ4n) is 4.55. The summed E-state index contributed by atoms with van der Waals surface area (Å²) in [6.07, 6.45) is -4.80. The minimum Gasteiger partial charge on any atom is -0.504 e. The van der Waals surface area contributed by atoms with E-state index < -0.39 is 59.4 Å². The van der Waals surface area contributed by atoms with Gasteiger partial charge in [-0.15, -0.1) is 0 Å². The van der Waals surface area contributed by atoms with Crippen LogP contribution in [0.4, 0.5) is 0 Å². The van der Waals surface area contributed by atoms with Crippen molar-refractivity contribution in [2.75, 3.05) is 6.79 Å². The van der Waals surface area contributed by atoms with Gasteiger partial charge in [-0.1, -0.05) is 0 Å². The first-order valence-corrected chi connectivity index (χ1v) is 9.72. The number of carbonyl (C=O) groups excluding carboxylic acids is 2. The average molecular weight is 423 g/mol. The largest absolute Gasteiger partial charge is 0.504 e. The number of benzene rings is 1. The molecule has 4 rings (SSSR count). The molecule has 1 saturated carbocycles. The van der Waals surface area contributed by atoms with Crippen LogP contribution < -0.4 is 14.8 Å². The van der Waals surface area contributed by atoms with Gasteiger partial charge < -0.3 is 40.0 Å². The van der Waals surface area contributed by atoms with E-state index in [-0.39, 0.29) is 30.3 Å². The molecular formula is C20H25NO9. The van der Waals surface area contributed by atoms with E-state index in [1.807, 2.05) is 0 Å². The molecule has 10 nitrogen and oxygen atoms in total. The van der Waals surface area contributed by atoms with Gasteiger partial charge >= 0.3 is 5.97 Å². The van der Waals surface area contributed by atoms with Gasteiger partial charge in [0, 0.05) is 11.8 Å². The molecule has 6 atom stereocenters. The molecule has 1 aromatic rings. The van der Waals surface area contributed by atoms with Crippen LogP contribution in [-0.2, 0) is 9.53 Å². The third-order valence-electron chi connectivity index (χ3n) is 5.73. The maximum absolute atomic E-state index is 12.7. The third kappa shape index (κ3) is 3.24. The highest BCUT2D eigenvalue weighted by atomic mass is 16.7. The van der Waals surface area contributed by atoms with Crippen molar-refractivity contribution in [1.82, 2.24) is 5.32 Å². The van der Waals surface area contributed by atoms with Crippen molar-refractivity contribution in [2.24, 2.45) is 5.92 Å². The number of amides is 1. The lowest BCUT2D eigenvalue weighted by molar-refractivity contribution is -0.165. The molecule has 3 aliphatic rings. The monoisotopic (exact) mass is 423 g/mol. The molecule has 5 N–H and O–H groups in total. The van der Waals surface area contributed by atoms with E-state index >= 15 is 0 Å². The van der Waals surface area contributed by atoms with Gasteiger partial charge in [0.1, 0.15) is 17.8 Å². The van der Waals surface area contributed by atoms with E-state index in [2.05, 4.69) is 5.32 Å². The summed E-state index contributed by atoms with van der Waals surface area (Å²) < 4.78 is 15.9. The molecule has 1 aromatic carbocycles. The van der Waals surface area contributed by atoms with Crippen molar-refractivity contribution >= 4 is 11.9 Å². The maximum atomic E-state index is 12.7. The first-order chi connectivity index (χ1) is 14.0. The highest BCUT2D eigenvalue weighted by Crippen LogP contribution is 2.52. The number of aliphatic hydroxyl groups excluding tert-OH is 3. The molecule has 0 radical (unpaired) electrons. The van der Waals surface area contributed by atoms with Gasteiger partial charge in [0.25, 0.3) is 5.91 Å². The van der Waals surface area contributed by atoms with Crippen LogP contribution in [0.2, 0.25) is 0 Å². The van der Waals surface area contributed by atoms with E-state index in [0.717, 1.165) is 0 Å². The van der Waals surface area contributed by atoms with Crippen LogP contribution in [-0.4, -0.2) is 69.1 Å². The Kier molecular flexibility index (Phi) is 4.83. The number of fused-ring (bicyclic) bond motifs is 4. The van der Waals surface area contributed by atoms with Crippen LogP contribution in [0.1, 0.15) is 49.0 Å². The van der Waals surface area contributed by atoms with E-state index in [9.17, 15) is 30.0 Å². The van der Waals surface area contributed by atoms with Gasteiger partial charge in [0.05, 0.1) is 24.1 Å². The summed E-state index contributed by atoms with van der Waals surface area (Å²) in [5.41, 5.74) is -0.536.